The minimum atomic E-state index is 0.0977. The lowest BCUT2D eigenvalue weighted by molar-refractivity contribution is -0.117. The molecule has 19 heavy (non-hydrogen) atoms. The van der Waals surface area contributed by atoms with E-state index >= 15 is 0 Å². The van der Waals surface area contributed by atoms with Crippen LogP contribution in [-0.4, -0.2) is 15.9 Å². The Balaban J connectivity index is 2.05. The van der Waals surface area contributed by atoms with Gasteiger partial charge in [-0.25, -0.2) is 0 Å². The maximum Gasteiger partial charge on any atom is 0.227 e. The van der Waals surface area contributed by atoms with Crippen LogP contribution in [-0.2, 0) is 17.6 Å². The van der Waals surface area contributed by atoms with Crippen LogP contribution in [0.5, 0.6) is 0 Å². The van der Waals surface area contributed by atoms with Gasteiger partial charge in [0.1, 0.15) is 5.78 Å². The third-order valence-corrected chi connectivity index (χ3v) is 3.15. The van der Waals surface area contributed by atoms with Gasteiger partial charge in [0.05, 0.1) is 0 Å². The summed E-state index contributed by atoms with van der Waals surface area (Å²) in [6, 6.07) is 5.27. The highest BCUT2D eigenvalue weighted by atomic mass is 35.5. The quantitative estimate of drug-likeness (QED) is 0.848. The second kappa shape index (κ2) is 6.17. The lowest BCUT2D eigenvalue weighted by atomic mass is 10.1. The van der Waals surface area contributed by atoms with Gasteiger partial charge in [-0.15, -0.1) is 0 Å². The normalized spacial score (nSPS) is 10.7. The van der Waals surface area contributed by atoms with Crippen molar-refractivity contribution >= 4 is 29.0 Å². The number of nitrogens with zero attached hydrogens (tertiary/aromatic N) is 2. The van der Waals surface area contributed by atoms with Crippen molar-refractivity contribution in [2.75, 3.05) is 0 Å². The molecule has 0 amide bonds. The van der Waals surface area contributed by atoms with Crippen LogP contribution in [0.25, 0.3) is 0 Å². The lowest BCUT2D eigenvalue weighted by Crippen LogP contribution is -1.95. The molecule has 1 aromatic heterocycles. The van der Waals surface area contributed by atoms with Crippen molar-refractivity contribution in [2.45, 2.75) is 26.2 Å². The number of Topliss-reactive ketones (excluding diaryl/α,β-unsaturated/α-hetero) is 1. The standard InChI is InChI=1S/C13H12Cl2N2O2/c1-8(18)2-5-13-16-12(17-19-13)6-9-3-4-10(14)7-11(9)15/h3-4,7H,2,5-6H2,1H3. The Kier molecular flexibility index (Phi) is 4.56. The van der Waals surface area contributed by atoms with Crippen LogP contribution in [0.1, 0.15) is 30.6 Å². The minimum absolute atomic E-state index is 0.0977. The summed E-state index contributed by atoms with van der Waals surface area (Å²) in [7, 11) is 0. The average molecular weight is 299 g/mol. The first-order chi connectivity index (χ1) is 9.04. The van der Waals surface area contributed by atoms with E-state index in [1.807, 2.05) is 6.07 Å². The highest BCUT2D eigenvalue weighted by Crippen LogP contribution is 2.22. The third-order valence-electron chi connectivity index (χ3n) is 2.56. The van der Waals surface area contributed by atoms with E-state index in [2.05, 4.69) is 10.1 Å². The summed E-state index contributed by atoms with van der Waals surface area (Å²) in [5.41, 5.74) is 0.880. The molecule has 1 heterocycles. The molecule has 4 nitrogen and oxygen atoms in total. The zero-order chi connectivity index (χ0) is 13.8. The van der Waals surface area contributed by atoms with Gasteiger partial charge in [-0.05, 0) is 24.6 Å². The number of aryl methyl sites for hydroxylation is 1. The molecule has 0 atom stereocenters. The zero-order valence-corrected chi connectivity index (χ0v) is 11.8. The number of carbonyl (C=O) groups is 1. The van der Waals surface area contributed by atoms with Crippen LogP contribution in [0.3, 0.4) is 0 Å². The van der Waals surface area contributed by atoms with Crippen molar-refractivity contribution in [1.82, 2.24) is 10.1 Å². The molecule has 0 saturated heterocycles. The second-order valence-corrected chi connectivity index (χ2v) is 5.06. The van der Waals surface area contributed by atoms with E-state index in [-0.39, 0.29) is 5.78 Å². The third kappa shape index (κ3) is 4.04. The second-order valence-electron chi connectivity index (χ2n) is 4.22. The van der Waals surface area contributed by atoms with Crippen LogP contribution in [0, 0.1) is 0 Å². The van der Waals surface area contributed by atoms with Gasteiger partial charge in [0, 0.05) is 29.3 Å². The van der Waals surface area contributed by atoms with E-state index in [1.165, 1.54) is 6.92 Å². The first kappa shape index (κ1) is 14.0. The van der Waals surface area contributed by atoms with Crippen LogP contribution in [0.4, 0.5) is 0 Å². The van der Waals surface area contributed by atoms with E-state index in [0.717, 1.165) is 5.56 Å². The molecular formula is C13H12Cl2N2O2. The van der Waals surface area contributed by atoms with Gasteiger partial charge < -0.3 is 9.32 Å². The molecule has 1 aromatic carbocycles. The number of ketones is 1. The molecule has 0 unspecified atom stereocenters. The summed E-state index contributed by atoms with van der Waals surface area (Å²) in [6.45, 7) is 1.53. The van der Waals surface area contributed by atoms with Crippen molar-refractivity contribution in [1.29, 1.82) is 0 Å². The van der Waals surface area contributed by atoms with Gasteiger partial charge in [-0.3, -0.25) is 0 Å². The number of benzene rings is 1. The van der Waals surface area contributed by atoms with Crippen LogP contribution < -0.4 is 0 Å². The Morgan fingerprint density at radius 3 is 2.84 bits per heavy atom. The number of halogens is 2. The van der Waals surface area contributed by atoms with Crippen molar-refractivity contribution in [3.8, 4) is 0 Å². The van der Waals surface area contributed by atoms with Gasteiger partial charge >= 0.3 is 0 Å². The molecule has 0 radical (unpaired) electrons. The summed E-state index contributed by atoms with van der Waals surface area (Å²) >= 11 is 11.9. The van der Waals surface area contributed by atoms with Gasteiger partial charge in [-0.2, -0.15) is 4.98 Å². The van der Waals surface area contributed by atoms with Crippen LogP contribution in [0.2, 0.25) is 10.0 Å². The fraction of sp³-hybridized carbons (Fsp3) is 0.308. The number of carbonyl (C=O) groups excluding carboxylic acids is 1. The molecule has 100 valence electrons. The lowest BCUT2D eigenvalue weighted by Gasteiger charge is -2.00. The number of hydrogen-bond acceptors (Lipinski definition) is 4. The van der Waals surface area contributed by atoms with E-state index in [9.17, 15) is 4.79 Å². The summed E-state index contributed by atoms with van der Waals surface area (Å²) in [5.74, 6) is 1.11. The fourth-order valence-electron chi connectivity index (χ4n) is 1.58. The maximum absolute atomic E-state index is 10.9. The van der Waals surface area contributed by atoms with Crippen molar-refractivity contribution in [3.05, 3.63) is 45.5 Å². The summed E-state index contributed by atoms with van der Waals surface area (Å²) in [6.07, 6.45) is 1.35. The molecule has 0 bridgehead atoms. The van der Waals surface area contributed by atoms with Crippen molar-refractivity contribution in [3.63, 3.8) is 0 Å². The Morgan fingerprint density at radius 2 is 2.16 bits per heavy atom. The molecule has 0 spiro atoms. The van der Waals surface area contributed by atoms with E-state index in [4.69, 9.17) is 27.7 Å². The number of aromatic nitrogens is 2. The summed E-state index contributed by atoms with van der Waals surface area (Å²) < 4.78 is 5.07. The Labute approximate surface area is 120 Å². The topological polar surface area (TPSA) is 56.0 Å². The largest absolute Gasteiger partial charge is 0.339 e. The molecule has 0 aliphatic rings. The summed E-state index contributed by atoms with van der Waals surface area (Å²) in [4.78, 5) is 15.1. The first-order valence-corrected chi connectivity index (χ1v) is 6.55. The van der Waals surface area contributed by atoms with Gasteiger partial charge in [-0.1, -0.05) is 34.4 Å². The van der Waals surface area contributed by atoms with Crippen LogP contribution in [0.15, 0.2) is 22.7 Å². The van der Waals surface area contributed by atoms with E-state index < -0.39 is 0 Å². The van der Waals surface area contributed by atoms with E-state index in [0.29, 0.717) is 41.0 Å². The average Bonchev–Trinajstić information content (AvgIpc) is 2.78. The molecular weight excluding hydrogens is 287 g/mol. The first-order valence-electron chi connectivity index (χ1n) is 5.79. The maximum atomic E-state index is 10.9. The Morgan fingerprint density at radius 1 is 1.37 bits per heavy atom. The smallest absolute Gasteiger partial charge is 0.227 e. The van der Waals surface area contributed by atoms with E-state index in [1.54, 1.807) is 12.1 Å². The Bertz CT molecular complexity index is 596. The molecule has 0 aliphatic carbocycles. The molecule has 0 N–H and O–H groups in total. The molecule has 0 fully saturated rings. The van der Waals surface area contributed by atoms with Gasteiger partial charge in [0.25, 0.3) is 0 Å². The predicted octanol–water partition coefficient (Wildman–Crippen LogP) is 3.49. The summed E-state index contributed by atoms with van der Waals surface area (Å²) in [5, 5.41) is 5.02. The molecule has 6 heteroatoms. The zero-order valence-electron chi connectivity index (χ0n) is 10.3. The molecule has 2 aromatic rings. The Hall–Kier alpha value is -1.39. The SMILES string of the molecule is CC(=O)CCc1nc(Cc2ccc(Cl)cc2Cl)no1. The predicted molar refractivity (Wildman–Crippen MR) is 72.6 cm³/mol. The number of rotatable bonds is 5. The number of hydrogen-bond donors (Lipinski definition) is 0. The van der Waals surface area contributed by atoms with Crippen molar-refractivity contribution in [2.24, 2.45) is 0 Å². The van der Waals surface area contributed by atoms with Crippen LogP contribution >= 0.6 is 23.2 Å². The van der Waals surface area contributed by atoms with Gasteiger partial charge in [0.2, 0.25) is 5.89 Å². The van der Waals surface area contributed by atoms with Crippen molar-refractivity contribution < 1.29 is 9.32 Å². The highest BCUT2D eigenvalue weighted by molar-refractivity contribution is 6.35. The molecule has 0 saturated carbocycles. The van der Waals surface area contributed by atoms with Gasteiger partial charge in [0.15, 0.2) is 5.82 Å². The molecule has 2 rings (SSSR count). The fourth-order valence-corrected chi connectivity index (χ4v) is 2.06. The molecule has 0 aliphatic heterocycles. The monoisotopic (exact) mass is 298 g/mol. The highest BCUT2D eigenvalue weighted by Gasteiger charge is 2.10. The minimum Gasteiger partial charge on any atom is -0.339 e.